The van der Waals surface area contributed by atoms with Gasteiger partial charge in [0.05, 0.1) is 27.1 Å². The number of carbonyl (C=O) groups excluding carboxylic acids is 2. The third kappa shape index (κ3) is 3.80. The van der Waals surface area contributed by atoms with E-state index in [4.69, 9.17) is 14.2 Å². The molecule has 7 nitrogen and oxygen atoms in total. The average Bonchev–Trinajstić information content (AvgIpc) is 3.07. The first-order chi connectivity index (χ1) is 13.1. The lowest BCUT2D eigenvalue weighted by atomic mass is 10.1. The molecule has 2 amide bonds. The van der Waals surface area contributed by atoms with Crippen molar-refractivity contribution >= 4 is 23.6 Å². The van der Waals surface area contributed by atoms with E-state index < -0.39 is 5.91 Å². The van der Waals surface area contributed by atoms with Crippen LogP contribution in [0.2, 0.25) is 0 Å². The Morgan fingerprint density at radius 1 is 1.07 bits per heavy atom. The van der Waals surface area contributed by atoms with Gasteiger partial charge in [0.2, 0.25) is 5.75 Å². The Kier molecular flexibility index (Phi) is 5.75. The van der Waals surface area contributed by atoms with Crippen molar-refractivity contribution in [3.63, 3.8) is 0 Å². The summed E-state index contributed by atoms with van der Waals surface area (Å²) in [5, 5.41) is 1.09. The van der Waals surface area contributed by atoms with Gasteiger partial charge in [-0.2, -0.15) is 0 Å². The zero-order valence-corrected chi connectivity index (χ0v) is 16.0. The summed E-state index contributed by atoms with van der Waals surface area (Å²) < 4.78 is 15.8. The van der Waals surface area contributed by atoms with Crippen LogP contribution in [0.1, 0.15) is 21.3 Å². The number of nitrogens with zero attached hydrogens (tertiary/aromatic N) is 1. The van der Waals surface area contributed by atoms with Gasteiger partial charge in [-0.1, -0.05) is 30.3 Å². The summed E-state index contributed by atoms with van der Waals surface area (Å²) in [7, 11) is 4.45. The Morgan fingerprint density at radius 2 is 1.70 bits per heavy atom. The highest BCUT2D eigenvalue weighted by Crippen LogP contribution is 2.39. The quantitative estimate of drug-likeness (QED) is 0.820. The van der Waals surface area contributed by atoms with E-state index in [1.54, 1.807) is 12.1 Å². The van der Waals surface area contributed by atoms with E-state index in [2.05, 4.69) is 5.43 Å². The molecule has 0 spiro atoms. The molecule has 0 aliphatic carbocycles. The standard InChI is InChI=1S/C19H20N2O5S/c1-24-14-9-13(10-15(25-2)17(14)26-3)18(23)20-21-16(22)11-27-19(21)12-7-5-4-6-8-12/h4-10,19H,11H2,1-3H3,(H,20,23)/t19-/m0/s1. The number of methoxy groups -OCH3 is 3. The molecule has 1 aliphatic heterocycles. The lowest BCUT2D eigenvalue weighted by molar-refractivity contribution is -0.130. The normalized spacial score (nSPS) is 16.2. The number of rotatable bonds is 6. The summed E-state index contributed by atoms with van der Waals surface area (Å²) in [6.45, 7) is 0. The van der Waals surface area contributed by atoms with Crippen LogP contribution in [0.3, 0.4) is 0 Å². The van der Waals surface area contributed by atoms with Gasteiger partial charge in [-0.25, -0.2) is 5.01 Å². The summed E-state index contributed by atoms with van der Waals surface area (Å²) in [4.78, 5) is 25.1. The molecule has 1 fully saturated rings. The predicted molar refractivity (Wildman–Crippen MR) is 102 cm³/mol. The second-order valence-corrected chi connectivity index (χ2v) is 6.76. The van der Waals surface area contributed by atoms with Crippen molar-refractivity contribution in [3.05, 3.63) is 53.6 Å². The van der Waals surface area contributed by atoms with Gasteiger partial charge in [-0.3, -0.25) is 15.0 Å². The van der Waals surface area contributed by atoms with Gasteiger partial charge in [0, 0.05) is 5.56 Å². The van der Waals surface area contributed by atoms with Crippen LogP contribution in [0, 0.1) is 0 Å². The lowest BCUT2D eigenvalue weighted by Crippen LogP contribution is -2.44. The summed E-state index contributed by atoms with van der Waals surface area (Å²) in [5.41, 5.74) is 3.94. The number of amides is 2. The van der Waals surface area contributed by atoms with Crippen molar-refractivity contribution in [2.24, 2.45) is 0 Å². The Labute approximate surface area is 161 Å². The highest BCUT2D eigenvalue weighted by Gasteiger charge is 2.34. The second-order valence-electron chi connectivity index (χ2n) is 5.69. The molecule has 0 aromatic heterocycles. The first-order valence-electron chi connectivity index (χ1n) is 8.18. The molecule has 1 N–H and O–H groups in total. The third-order valence-corrected chi connectivity index (χ3v) is 5.31. The monoisotopic (exact) mass is 388 g/mol. The van der Waals surface area contributed by atoms with Gasteiger partial charge in [0.15, 0.2) is 11.5 Å². The topological polar surface area (TPSA) is 77.1 Å². The van der Waals surface area contributed by atoms with Crippen molar-refractivity contribution in [3.8, 4) is 17.2 Å². The number of hydrogen-bond donors (Lipinski definition) is 1. The molecule has 0 unspecified atom stereocenters. The molecule has 0 bridgehead atoms. The molecule has 0 saturated carbocycles. The van der Waals surface area contributed by atoms with E-state index in [0.29, 0.717) is 28.6 Å². The number of nitrogens with one attached hydrogen (secondary N) is 1. The first-order valence-corrected chi connectivity index (χ1v) is 9.23. The highest BCUT2D eigenvalue weighted by atomic mass is 32.2. The summed E-state index contributed by atoms with van der Waals surface area (Å²) in [6, 6.07) is 12.6. The number of hydrazine groups is 1. The fourth-order valence-corrected chi connectivity index (χ4v) is 3.90. The second kappa shape index (κ2) is 8.22. The van der Waals surface area contributed by atoms with Crippen LogP contribution in [0.25, 0.3) is 0 Å². The van der Waals surface area contributed by atoms with Crippen molar-refractivity contribution in [1.29, 1.82) is 0 Å². The number of carbonyl (C=O) groups is 2. The van der Waals surface area contributed by atoms with Gasteiger partial charge in [-0.05, 0) is 17.7 Å². The molecule has 1 saturated heterocycles. The van der Waals surface area contributed by atoms with Crippen molar-refractivity contribution < 1.29 is 23.8 Å². The molecule has 2 aromatic rings. The summed E-state index contributed by atoms with van der Waals surface area (Å²) >= 11 is 1.46. The summed E-state index contributed by atoms with van der Waals surface area (Å²) in [6.07, 6.45) is 0. The predicted octanol–water partition coefficient (Wildman–Crippen LogP) is 2.63. The van der Waals surface area contributed by atoms with Crippen LogP contribution in [0.4, 0.5) is 0 Å². The number of ether oxygens (including phenoxy) is 3. The SMILES string of the molecule is COc1cc(C(=O)NN2C(=O)CS[C@H]2c2ccccc2)cc(OC)c1OC. The fourth-order valence-electron chi connectivity index (χ4n) is 2.80. The Balaban J connectivity index is 1.87. The van der Waals surface area contributed by atoms with Crippen molar-refractivity contribution in [2.45, 2.75) is 5.37 Å². The minimum Gasteiger partial charge on any atom is -0.493 e. The number of benzene rings is 2. The van der Waals surface area contributed by atoms with E-state index in [1.165, 1.54) is 38.1 Å². The maximum atomic E-state index is 12.8. The van der Waals surface area contributed by atoms with Crippen molar-refractivity contribution in [1.82, 2.24) is 10.4 Å². The van der Waals surface area contributed by atoms with Gasteiger partial charge in [-0.15, -0.1) is 11.8 Å². The molecular formula is C19H20N2O5S. The molecule has 2 aromatic carbocycles. The van der Waals surface area contributed by atoms with Crippen LogP contribution in [-0.4, -0.2) is 43.9 Å². The molecule has 27 heavy (non-hydrogen) atoms. The van der Waals surface area contributed by atoms with Crippen LogP contribution < -0.4 is 19.6 Å². The van der Waals surface area contributed by atoms with Crippen LogP contribution in [0.15, 0.2) is 42.5 Å². The van der Waals surface area contributed by atoms with Crippen LogP contribution in [0.5, 0.6) is 17.2 Å². The smallest absolute Gasteiger partial charge is 0.270 e. The molecule has 1 atom stereocenters. The van der Waals surface area contributed by atoms with Gasteiger partial charge in [0.25, 0.3) is 11.8 Å². The Morgan fingerprint density at radius 3 is 2.26 bits per heavy atom. The Hall–Kier alpha value is -2.87. The van der Waals surface area contributed by atoms with E-state index in [9.17, 15) is 9.59 Å². The molecule has 1 aliphatic rings. The minimum atomic E-state index is -0.439. The van der Waals surface area contributed by atoms with Gasteiger partial charge >= 0.3 is 0 Å². The van der Waals surface area contributed by atoms with Gasteiger partial charge < -0.3 is 14.2 Å². The van der Waals surface area contributed by atoms with Gasteiger partial charge in [0.1, 0.15) is 5.37 Å². The van der Waals surface area contributed by atoms with E-state index >= 15 is 0 Å². The number of thioether (sulfide) groups is 1. The molecule has 1 heterocycles. The van der Waals surface area contributed by atoms with Crippen molar-refractivity contribution in [2.75, 3.05) is 27.1 Å². The van der Waals surface area contributed by atoms with Crippen LogP contribution >= 0.6 is 11.8 Å². The molecular weight excluding hydrogens is 368 g/mol. The first kappa shape index (κ1) is 18.9. The molecule has 8 heteroatoms. The Bertz CT molecular complexity index is 818. The largest absolute Gasteiger partial charge is 0.493 e. The molecule has 0 radical (unpaired) electrons. The highest BCUT2D eigenvalue weighted by molar-refractivity contribution is 8.00. The third-order valence-electron chi connectivity index (χ3n) is 4.10. The average molecular weight is 388 g/mol. The lowest BCUT2D eigenvalue weighted by Gasteiger charge is -2.25. The van der Waals surface area contributed by atoms with E-state index in [0.717, 1.165) is 5.56 Å². The van der Waals surface area contributed by atoms with Crippen LogP contribution in [-0.2, 0) is 4.79 Å². The molecule has 3 rings (SSSR count). The van der Waals surface area contributed by atoms with E-state index in [-0.39, 0.29) is 11.3 Å². The zero-order chi connectivity index (χ0) is 19.4. The number of hydrogen-bond acceptors (Lipinski definition) is 6. The maximum absolute atomic E-state index is 12.8. The summed E-state index contributed by atoms with van der Waals surface area (Å²) in [5.74, 6) is 0.828. The van der Waals surface area contributed by atoms with E-state index in [1.807, 2.05) is 30.3 Å². The molecule has 142 valence electrons. The fraction of sp³-hybridized carbons (Fsp3) is 0.263. The zero-order valence-electron chi connectivity index (χ0n) is 15.2. The minimum absolute atomic E-state index is 0.158. The maximum Gasteiger partial charge on any atom is 0.270 e.